The van der Waals surface area contributed by atoms with Crippen LogP contribution in [0.15, 0.2) is 85.0 Å². The van der Waals surface area contributed by atoms with Crippen molar-refractivity contribution in [3.05, 3.63) is 119 Å². The molecule has 36 heavy (non-hydrogen) atoms. The first-order valence-electron chi connectivity index (χ1n) is 10.9. The summed E-state index contributed by atoms with van der Waals surface area (Å²) in [6.45, 7) is 10.2. The lowest BCUT2D eigenvalue weighted by Crippen LogP contribution is -2.08. The standard InChI is InChI=1S/C30H24F2O4/c1-19(2)29(33)35-25-17-10-21(11-18-25)9-12-23-15-16-24(28(32)27(23)31)14-13-22-7-5-6-8-26(22)36-30(34)20(3)4/h5-18H,1,3H2,2,4H3/b12-9+,14-13+. The van der Waals surface area contributed by atoms with E-state index in [1.807, 2.05) is 0 Å². The lowest BCUT2D eigenvalue weighted by molar-refractivity contribution is -0.130. The van der Waals surface area contributed by atoms with Crippen molar-refractivity contribution in [2.45, 2.75) is 13.8 Å². The first-order chi connectivity index (χ1) is 17.2. The third-order valence-electron chi connectivity index (χ3n) is 4.95. The number of rotatable bonds is 8. The summed E-state index contributed by atoms with van der Waals surface area (Å²) >= 11 is 0. The Hall–Kier alpha value is -4.58. The number of esters is 2. The molecule has 0 radical (unpaired) electrons. The summed E-state index contributed by atoms with van der Waals surface area (Å²) < 4.78 is 39.9. The Kier molecular flexibility index (Phi) is 8.47. The summed E-state index contributed by atoms with van der Waals surface area (Å²) in [7, 11) is 0. The molecule has 4 nitrogen and oxygen atoms in total. The maximum absolute atomic E-state index is 14.7. The second kappa shape index (κ2) is 11.7. The molecule has 0 bridgehead atoms. The Morgan fingerprint density at radius 1 is 0.667 bits per heavy atom. The molecule has 6 heteroatoms. The van der Waals surface area contributed by atoms with Gasteiger partial charge in [0.15, 0.2) is 11.6 Å². The molecular weight excluding hydrogens is 462 g/mol. The Morgan fingerprint density at radius 3 is 1.75 bits per heavy atom. The number of para-hydroxylation sites is 1. The van der Waals surface area contributed by atoms with Gasteiger partial charge >= 0.3 is 11.9 Å². The van der Waals surface area contributed by atoms with Crippen molar-refractivity contribution < 1.29 is 27.8 Å². The number of halogens is 2. The van der Waals surface area contributed by atoms with E-state index in [0.717, 1.165) is 0 Å². The third kappa shape index (κ3) is 6.73. The Labute approximate surface area is 208 Å². The molecule has 0 aliphatic carbocycles. The summed E-state index contributed by atoms with van der Waals surface area (Å²) in [5, 5.41) is 0. The van der Waals surface area contributed by atoms with Gasteiger partial charge in [0.25, 0.3) is 0 Å². The topological polar surface area (TPSA) is 52.6 Å². The number of hydrogen-bond acceptors (Lipinski definition) is 4. The predicted molar refractivity (Wildman–Crippen MR) is 138 cm³/mol. The molecule has 0 fully saturated rings. The summed E-state index contributed by atoms with van der Waals surface area (Å²) in [5.74, 6) is -2.48. The van der Waals surface area contributed by atoms with Crippen LogP contribution in [0.25, 0.3) is 24.3 Å². The SMILES string of the molecule is C=C(C)C(=O)Oc1ccc(/C=C/c2ccc(/C=C/c3ccccc3OC(=O)C(=C)C)c(F)c2F)cc1. The van der Waals surface area contributed by atoms with Crippen LogP contribution in [-0.2, 0) is 9.59 Å². The van der Waals surface area contributed by atoms with Gasteiger partial charge in [-0.1, -0.05) is 79.9 Å². The minimum Gasteiger partial charge on any atom is -0.423 e. The van der Waals surface area contributed by atoms with E-state index >= 15 is 0 Å². The van der Waals surface area contributed by atoms with E-state index in [0.29, 0.717) is 16.9 Å². The van der Waals surface area contributed by atoms with Crippen molar-refractivity contribution in [3.8, 4) is 11.5 Å². The van der Waals surface area contributed by atoms with Crippen molar-refractivity contribution in [3.63, 3.8) is 0 Å². The molecule has 0 saturated heterocycles. The fourth-order valence-corrected chi connectivity index (χ4v) is 2.94. The molecule has 0 amide bonds. The normalized spacial score (nSPS) is 11.0. The highest BCUT2D eigenvalue weighted by Gasteiger charge is 2.12. The highest BCUT2D eigenvalue weighted by molar-refractivity contribution is 5.90. The average Bonchev–Trinajstić information content (AvgIpc) is 2.85. The van der Waals surface area contributed by atoms with E-state index in [2.05, 4.69) is 13.2 Å². The molecule has 0 N–H and O–H groups in total. The van der Waals surface area contributed by atoms with E-state index in [-0.39, 0.29) is 28.0 Å². The number of carbonyl (C=O) groups excluding carboxylic acids is 2. The lowest BCUT2D eigenvalue weighted by atomic mass is 10.1. The van der Waals surface area contributed by atoms with Crippen LogP contribution in [0.3, 0.4) is 0 Å². The van der Waals surface area contributed by atoms with Crippen LogP contribution < -0.4 is 9.47 Å². The number of ether oxygens (including phenoxy) is 2. The second-order valence-electron chi connectivity index (χ2n) is 7.99. The van der Waals surface area contributed by atoms with E-state index in [4.69, 9.17) is 9.47 Å². The van der Waals surface area contributed by atoms with Crippen molar-refractivity contribution in [1.82, 2.24) is 0 Å². The zero-order valence-corrected chi connectivity index (χ0v) is 19.9. The van der Waals surface area contributed by atoms with Gasteiger partial charge in [-0.3, -0.25) is 0 Å². The molecule has 0 spiro atoms. The van der Waals surface area contributed by atoms with Crippen LogP contribution in [0.1, 0.15) is 36.1 Å². The van der Waals surface area contributed by atoms with Gasteiger partial charge in [0, 0.05) is 27.8 Å². The third-order valence-corrected chi connectivity index (χ3v) is 4.95. The van der Waals surface area contributed by atoms with Gasteiger partial charge in [-0.15, -0.1) is 0 Å². The second-order valence-corrected chi connectivity index (χ2v) is 7.99. The van der Waals surface area contributed by atoms with Gasteiger partial charge in [-0.2, -0.15) is 0 Å². The van der Waals surface area contributed by atoms with E-state index in [9.17, 15) is 18.4 Å². The van der Waals surface area contributed by atoms with Crippen molar-refractivity contribution in [1.29, 1.82) is 0 Å². The molecule has 3 aromatic rings. The number of benzene rings is 3. The van der Waals surface area contributed by atoms with E-state index in [1.54, 1.807) is 61.5 Å². The molecular formula is C30H24F2O4. The summed E-state index contributed by atoms with van der Waals surface area (Å²) in [5.41, 5.74) is 1.86. The molecule has 0 unspecified atom stereocenters. The molecule has 3 aromatic carbocycles. The number of hydrogen-bond donors (Lipinski definition) is 0. The zero-order chi connectivity index (χ0) is 26.2. The smallest absolute Gasteiger partial charge is 0.338 e. The predicted octanol–water partition coefficient (Wildman–Crippen LogP) is 7.27. The maximum Gasteiger partial charge on any atom is 0.338 e. The van der Waals surface area contributed by atoms with Crippen LogP contribution in [0.5, 0.6) is 11.5 Å². The Bertz CT molecular complexity index is 1380. The molecule has 0 saturated carbocycles. The highest BCUT2D eigenvalue weighted by atomic mass is 19.2. The minimum atomic E-state index is -1.01. The van der Waals surface area contributed by atoms with Gasteiger partial charge in [-0.05, 0) is 37.6 Å². The summed E-state index contributed by atoms with van der Waals surface area (Å²) in [6, 6.07) is 16.2. The highest BCUT2D eigenvalue weighted by Crippen LogP contribution is 2.24. The fourth-order valence-electron chi connectivity index (χ4n) is 2.94. The minimum absolute atomic E-state index is 0.0364. The molecule has 0 aliphatic heterocycles. The van der Waals surface area contributed by atoms with Crippen LogP contribution in [0, 0.1) is 11.6 Å². The first kappa shape index (κ1) is 26.0. The summed E-state index contributed by atoms with van der Waals surface area (Å²) in [4.78, 5) is 23.4. The van der Waals surface area contributed by atoms with Crippen LogP contribution in [0.2, 0.25) is 0 Å². The van der Waals surface area contributed by atoms with E-state index < -0.39 is 23.6 Å². The van der Waals surface area contributed by atoms with Crippen molar-refractivity contribution in [2.24, 2.45) is 0 Å². The quantitative estimate of drug-likeness (QED) is 0.145. The molecule has 0 aliphatic rings. The summed E-state index contributed by atoms with van der Waals surface area (Å²) in [6.07, 6.45) is 6.01. The fraction of sp³-hybridized carbons (Fsp3) is 0.0667. The first-order valence-corrected chi connectivity index (χ1v) is 10.9. The maximum atomic E-state index is 14.7. The molecule has 3 rings (SSSR count). The van der Waals surface area contributed by atoms with Crippen molar-refractivity contribution >= 4 is 36.2 Å². The van der Waals surface area contributed by atoms with E-state index in [1.165, 1.54) is 37.3 Å². The molecule has 0 aromatic heterocycles. The molecule has 182 valence electrons. The Morgan fingerprint density at radius 2 is 1.17 bits per heavy atom. The van der Waals surface area contributed by atoms with Gasteiger partial charge in [0.2, 0.25) is 0 Å². The largest absolute Gasteiger partial charge is 0.423 e. The van der Waals surface area contributed by atoms with Crippen LogP contribution in [0.4, 0.5) is 8.78 Å². The lowest BCUT2D eigenvalue weighted by Gasteiger charge is -2.07. The number of carbonyl (C=O) groups is 2. The van der Waals surface area contributed by atoms with Gasteiger partial charge in [0.1, 0.15) is 11.5 Å². The van der Waals surface area contributed by atoms with Gasteiger partial charge in [0.05, 0.1) is 0 Å². The zero-order valence-electron chi connectivity index (χ0n) is 19.9. The van der Waals surface area contributed by atoms with Gasteiger partial charge < -0.3 is 9.47 Å². The van der Waals surface area contributed by atoms with Crippen molar-refractivity contribution in [2.75, 3.05) is 0 Å². The monoisotopic (exact) mass is 486 g/mol. The molecule has 0 heterocycles. The average molecular weight is 487 g/mol. The molecule has 0 atom stereocenters. The van der Waals surface area contributed by atoms with Crippen LogP contribution >= 0.6 is 0 Å². The van der Waals surface area contributed by atoms with Gasteiger partial charge in [-0.25, -0.2) is 18.4 Å². The van der Waals surface area contributed by atoms with Crippen LogP contribution in [-0.4, -0.2) is 11.9 Å². The Balaban J connectivity index is 1.76.